The van der Waals surface area contributed by atoms with Gasteiger partial charge in [-0.05, 0) is 40.6 Å². The smallest absolute Gasteiger partial charge is 0.263 e. The summed E-state index contributed by atoms with van der Waals surface area (Å²) in [5.41, 5.74) is 6.65. The normalized spacial score (nSPS) is 15.4. The fraction of sp³-hybridized carbons (Fsp3) is 0.455. The van der Waals surface area contributed by atoms with Crippen molar-refractivity contribution in [1.29, 1.82) is 0 Å². The van der Waals surface area contributed by atoms with E-state index in [1.807, 2.05) is 11.4 Å². The number of aromatic nitrogens is 4. The van der Waals surface area contributed by atoms with Gasteiger partial charge in [-0.1, -0.05) is 0 Å². The molecule has 1 unspecified atom stereocenters. The Morgan fingerprint density at radius 2 is 2.40 bits per heavy atom. The van der Waals surface area contributed by atoms with Gasteiger partial charge in [0.1, 0.15) is 11.2 Å². The van der Waals surface area contributed by atoms with Crippen LogP contribution in [0.3, 0.4) is 0 Å². The van der Waals surface area contributed by atoms with Gasteiger partial charge in [0.05, 0.1) is 5.69 Å². The van der Waals surface area contributed by atoms with Crippen molar-refractivity contribution in [3.05, 3.63) is 22.7 Å². The number of hydrogen-bond acceptors (Lipinski definition) is 6. The molecule has 1 amide bonds. The van der Waals surface area contributed by atoms with Crippen LogP contribution in [0.2, 0.25) is 0 Å². The Morgan fingerprint density at radius 3 is 3.05 bits per heavy atom. The van der Waals surface area contributed by atoms with Gasteiger partial charge in [-0.25, -0.2) is 0 Å². The zero-order valence-electron chi connectivity index (χ0n) is 10.6. The lowest BCUT2D eigenvalue weighted by molar-refractivity contribution is 0.0954. The van der Waals surface area contributed by atoms with Crippen molar-refractivity contribution in [2.75, 3.05) is 6.54 Å². The van der Waals surface area contributed by atoms with E-state index in [1.54, 1.807) is 0 Å². The Hall–Kier alpha value is -1.51. The maximum Gasteiger partial charge on any atom is 0.263 e. The Balaban J connectivity index is 0.00000147. The Kier molecular flexibility index (Phi) is 4.69. The number of nitrogens with one attached hydrogen (secondary N) is 1. The van der Waals surface area contributed by atoms with Gasteiger partial charge < -0.3 is 11.1 Å². The van der Waals surface area contributed by atoms with Crippen molar-refractivity contribution in [3.63, 3.8) is 0 Å². The molecule has 0 saturated heterocycles. The van der Waals surface area contributed by atoms with Crippen LogP contribution in [-0.4, -0.2) is 38.7 Å². The topological polar surface area (TPSA) is 98.7 Å². The third kappa shape index (κ3) is 3.14. The molecule has 9 heteroatoms. The van der Waals surface area contributed by atoms with Crippen LogP contribution in [-0.2, 0) is 0 Å². The van der Waals surface area contributed by atoms with Gasteiger partial charge in [-0.15, -0.1) is 28.8 Å². The average Bonchev–Trinajstić information content (AvgIpc) is 2.94. The van der Waals surface area contributed by atoms with Gasteiger partial charge in [0.2, 0.25) is 0 Å². The number of carbonyl (C=O) groups excluding carboxylic acids is 1. The number of hydrogen-bond donors (Lipinski definition) is 2. The van der Waals surface area contributed by atoms with Crippen LogP contribution in [0, 0.1) is 5.92 Å². The Bertz CT molecular complexity index is 567. The number of rotatable bonds is 5. The molecule has 0 radical (unpaired) electrons. The zero-order valence-corrected chi connectivity index (χ0v) is 12.2. The molecule has 2 heterocycles. The first kappa shape index (κ1) is 14.9. The van der Waals surface area contributed by atoms with Gasteiger partial charge in [0.15, 0.2) is 0 Å². The molecular formula is C11H15ClN6OS. The van der Waals surface area contributed by atoms with E-state index in [4.69, 9.17) is 5.73 Å². The lowest BCUT2D eigenvalue weighted by atomic mass is 10.2. The minimum absolute atomic E-state index is 0. The molecule has 0 aliphatic heterocycles. The second-order valence-electron chi connectivity index (χ2n) is 4.60. The molecule has 3 N–H and O–H groups in total. The van der Waals surface area contributed by atoms with Crippen molar-refractivity contribution < 1.29 is 4.79 Å². The zero-order chi connectivity index (χ0) is 13.2. The molecule has 2 aromatic heterocycles. The van der Waals surface area contributed by atoms with E-state index in [1.165, 1.54) is 35.2 Å². The number of amides is 1. The number of tetrazole rings is 1. The number of carbonyl (C=O) groups is 1. The van der Waals surface area contributed by atoms with Gasteiger partial charge in [-0.2, -0.15) is 4.68 Å². The number of thiophene rings is 1. The van der Waals surface area contributed by atoms with E-state index in [0.717, 1.165) is 0 Å². The summed E-state index contributed by atoms with van der Waals surface area (Å²) >= 11 is 1.36. The maximum absolute atomic E-state index is 12.1. The highest BCUT2D eigenvalue weighted by Crippen LogP contribution is 2.31. The second-order valence-corrected chi connectivity index (χ2v) is 5.52. The molecule has 3 rings (SSSR count). The highest BCUT2D eigenvalue weighted by molar-refractivity contribution is 7.12. The summed E-state index contributed by atoms with van der Waals surface area (Å²) in [6.07, 6.45) is 3.81. The molecule has 20 heavy (non-hydrogen) atoms. The highest BCUT2D eigenvalue weighted by Gasteiger charge is 2.28. The van der Waals surface area contributed by atoms with Crippen LogP contribution in [0.15, 0.2) is 17.8 Å². The van der Waals surface area contributed by atoms with E-state index in [9.17, 15) is 4.79 Å². The minimum atomic E-state index is -0.128. The lowest BCUT2D eigenvalue weighted by Gasteiger charge is -2.11. The van der Waals surface area contributed by atoms with E-state index in [2.05, 4.69) is 20.8 Å². The van der Waals surface area contributed by atoms with Crippen LogP contribution in [0.25, 0.3) is 5.69 Å². The molecule has 0 spiro atoms. The van der Waals surface area contributed by atoms with E-state index in [-0.39, 0.29) is 24.4 Å². The highest BCUT2D eigenvalue weighted by atomic mass is 35.5. The van der Waals surface area contributed by atoms with Crippen LogP contribution < -0.4 is 11.1 Å². The van der Waals surface area contributed by atoms with Crippen molar-refractivity contribution in [2.24, 2.45) is 11.7 Å². The summed E-state index contributed by atoms with van der Waals surface area (Å²) in [6.45, 7) is 0.510. The van der Waals surface area contributed by atoms with Crippen LogP contribution in [0.5, 0.6) is 0 Å². The van der Waals surface area contributed by atoms with Crippen molar-refractivity contribution >= 4 is 29.7 Å². The monoisotopic (exact) mass is 314 g/mol. The molecule has 1 aliphatic rings. The maximum atomic E-state index is 12.1. The first-order valence-corrected chi connectivity index (χ1v) is 6.98. The third-order valence-electron chi connectivity index (χ3n) is 3.17. The van der Waals surface area contributed by atoms with Crippen LogP contribution in [0.4, 0.5) is 0 Å². The second kappa shape index (κ2) is 6.29. The standard InChI is InChI=1S/C11H14N6OS.ClH/c12-8(7-1-2-7)5-13-11(18)10-9(3-4-19-10)17-6-14-15-16-17;/h3-4,6-8H,1-2,5,12H2,(H,13,18);1H. The predicted octanol–water partition coefficient (Wildman–Crippen LogP) is 0.613. The summed E-state index contributed by atoms with van der Waals surface area (Å²) in [5, 5.41) is 15.6. The lowest BCUT2D eigenvalue weighted by Crippen LogP contribution is -2.38. The molecule has 7 nitrogen and oxygen atoms in total. The molecule has 1 saturated carbocycles. The summed E-state index contributed by atoms with van der Waals surface area (Å²) in [7, 11) is 0. The number of halogens is 1. The molecule has 1 atom stereocenters. The molecule has 0 bridgehead atoms. The Morgan fingerprint density at radius 1 is 1.60 bits per heavy atom. The van der Waals surface area contributed by atoms with Gasteiger partial charge in [0.25, 0.3) is 5.91 Å². The largest absolute Gasteiger partial charge is 0.350 e. The average molecular weight is 315 g/mol. The van der Waals surface area contributed by atoms with E-state index >= 15 is 0 Å². The molecule has 2 aromatic rings. The summed E-state index contributed by atoms with van der Waals surface area (Å²) in [6, 6.07) is 1.87. The van der Waals surface area contributed by atoms with Crippen molar-refractivity contribution in [2.45, 2.75) is 18.9 Å². The van der Waals surface area contributed by atoms with Crippen LogP contribution >= 0.6 is 23.7 Å². The number of nitrogens with zero attached hydrogens (tertiary/aromatic N) is 4. The fourth-order valence-corrected chi connectivity index (χ4v) is 2.70. The summed E-state index contributed by atoms with van der Waals surface area (Å²) < 4.78 is 1.48. The summed E-state index contributed by atoms with van der Waals surface area (Å²) in [5.74, 6) is 0.444. The molecule has 1 aliphatic carbocycles. The summed E-state index contributed by atoms with van der Waals surface area (Å²) in [4.78, 5) is 12.7. The molecule has 1 fully saturated rings. The minimum Gasteiger partial charge on any atom is -0.350 e. The van der Waals surface area contributed by atoms with E-state index < -0.39 is 0 Å². The van der Waals surface area contributed by atoms with Gasteiger partial charge in [0, 0.05) is 12.6 Å². The first-order chi connectivity index (χ1) is 9.25. The fourth-order valence-electron chi connectivity index (χ4n) is 1.91. The SMILES string of the molecule is Cl.NC(CNC(=O)c1sccc1-n1cnnn1)C1CC1. The van der Waals surface area contributed by atoms with Crippen molar-refractivity contribution in [1.82, 2.24) is 25.5 Å². The predicted molar refractivity (Wildman–Crippen MR) is 77.3 cm³/mol. The van der Waals surface area contributed by atoms with Gasteiger partial charge in [-0.3, -0.25) is 4.79 Å². The van der Waals surface area contributed by atoms with Gasteiger partial charge >= 0.3 is 0 Å². The van der Waals surface area contributed by atoms with E-state index in [0.29, 0.717) is 23.0 Å². The van der Waals surface area contributed by atoms with Crippen molar-refractivity contribution in [3.8, 4) is 5.69 Å². The molecule has 0 aromatic carbocycles. The van der Waals surface area contributed by atoms with Crippen LogP contribution in [0.1, 0.15) is 22.5 Å². The molecule has 108 valence electrons. The first-order valence-electron chi connectivity index (χ1n) is 6.10. The quantitative estimate of drug-likeness (QED) is 0.842. The Labute approximate surface area is 126 Å². The third-order valence-corrected chi connectivity index (χ3v) is 4.07. The number of nitrogens with two attached hydrogens (primary N) is 1. The molecular weight excluding hydrogens is 300 g/mol.